The van der Waals surface area contributed by atoms with Crippen LogP contribution < -0.4 is 4.90 Å². The van der Waals surface area contributed by atoms with Crippen LogP contribution in [0.15, 0.2) is 23.6 Å². The number of morpholine rings is 1. The first-order valence-electron chi connectivity index (χ1n) is 8.48. The van der Waals surface area contributed by atoms with Gasteiger partial charge in [-0.2, -0.15) is 0 Å². The van der Waals surface area contributed by atoms with Gasteiger partial charge in [-0.15, -0.1) is 11.3 Å². The van der Waals surface area contributed by atoms with E-state index in [1.165, 1.54) is 11.3 Å². The Morgan fingerprint density at radius 3 is 2.84 bits per heavy atom. The number of nitrogens with zero attached hydrogens (tertiary/aromatic N) is 3. The lowest BCUT2D eigenvalue weighted by Gasteiger charge is -2.34. The number of benzene rings is 1. The lowest BCUT2D eigenvalue weighted by molar-refractivity contribution is -0.0586. The summed E-state index contributed by atoms with van der Waals surface area (Å²) < 4.78 is 5.71. The molecule has 3 heterocycles. The second-order valence-electron chi connectivity index (χ2n) is 6.62. The third kappa shape index (κ3) is 3.14. The molecule has 0 N–H and O–H groups in total. The number of anilines is 2. The monoisotopic (exact) mass is 377 g/mol. The fraction of sp³-hybridized carbons (Fsp3) is 0.444. The fourth-order valence-electron chi connectivity index (χ4n) is 3.60. The minimum absolute atomic E-state index is 0.0104. The number of amides is 1. The van der Waals surface area contributed by atoms with Crippen LogP contribution in [0.3, 0.4) is 0 Å². The van der Waals surface area contributed by atoms with Gasteiger partial charge in [0.15, 0.2) is 5.01 Å². The number of hydrogen-bond donors (Lipinski definition) is 0. The molecular formula is C18H20ClN3O2S. The molecule has 1 aromatic carbocycles. The highest BCUT2D eigenvalue weighted by Gasteiger charge is 2.30. The number of rotatable bonds is 2. The van der Waals surface area contributed by atoms with Crippen LogP contribution in [-0.2, 0) is 11.2 Å². The zero-order valence-electron chi connectivity index (χ0n) is 14.2. The Labute approximate surface area is 156 Å². The van der Waals surface area contributed by atoms with Crippen LogP contribution in [0.1, 0.15) is 29.2 Å². The molecule has 1 aromatic heterocycles. The van der Waals surface area contributed by atoms with Crippen molar-refractivity contribution in [3.63, 3.8) is 0 Å². The molecule has 0 unspecified atom stereocenters. The van der Waals surface area contributed by atoms with Crippen molar-refractivity contribution in [2.45, 2.75) is 32.5 Å². The smallest absolute Gasteiger partial charge is 0.283 e. The Balaban J connectivity index is 1.56. The van der Waals surface area contributed by atoms with E-state index in [9.17, 15) is 4.79 Å². The van der Waals surface area contributed by atoms with Crippen molar-refractivity contribution in [2.24, 2.45) is 0 Å². The molecule has 0 aliphatic carbocycles. The van der Waals surface area contributed by atoms with Gasteiger partial charge in [-0.1, -0.05) is 17.7 Å². The van der Waals surface area contributed by atoms with E-state index in [0.29, 0.717) is 18.1 Å². The minimum atomic E-state index is -0.0104. The molecule has 0 radical (unpaired) electrons. The van der Waals surface area contributed by atoms with Crippen LogP contribution in [0.5, 0.6) is 0 Å². The molecule has 2 aliphatic rings. The van der Waals surface area contributed by atoms with Gasteiger partial charge in [0.2, 0.25) is 0 Å². The Kier molecular flexibility index (Phi) is 4.43. The predicted molar refractivity (Wildman–Crippen MR) is 100 cm³/mol. The van der Waals surface area contributed by atoms with Crippen molar-refractivity contribution in [3.8, 4) is 0 Å². The summed E-state index contributed by atoms with van der Waals surface area (Å²) >= 11 is 7.69. The topological polar surface area (TPSA) is 45.7 Å². The molecule has 5 nitrogen and oxygen atoms in total. The standard InChI is InChI=1S/C18H20ClN3O2S/c1-11-8-21(9-12(2)24-11)18(23)17-20-16(10-25-17)22-7-6-13-14(19)4-3-5-15(13)22/h3-5,10-12H,6-9H2,1-2H3/t11-,12+. The molecule has 2 aromatic rings. The second kappa shape index (κ2) is 6.59. The summed E-state index contributed by atoms with van der Waals surface area (Å²) in [5, 5.41) is 3.28. The average molecular weight is 378 g/mol. The van der Waals surface area contributed by atoms with Crippen LogP contribution in [0.4, 0.5) is 11.5 Å². The van der Waals surface area contributed by atoms with Crippen LogP contribution in [0.25, 0.3) is 0 Å². The lowest BCUT2D eigenvalue weighted by atomic mass is 10.2. The van der Waals surface area contributed by atoms with Crippen molar-refractivity contribution in [1.29, 1.82) is 0 Å². The molecule has 2 atom stereocenters. The van der Waals surface area contributed by atoms with E-state index in [0.717, 1.165) is 35.1 Å². The minimum Gasteiger partial charge on any atom is -0.372 e. The van der Waals surface area contributed by atoms with Gasteiger partial charge in [-0.25, -0.2) is 4.98 Å². The number of hydrogen-bond acceptors (Lipinski definition) is 5. The second-order valence-corrected chi connectivity index (χ2v) is 7.88. The van der Waals surface area contributed by atoms with Gasteiger partial charge >= 0.3 is 0 Å². The van der Waals surface area contributed by atoms with Crippen LogP contribution >= 0.6 is 22.9 Å². The van der Waals surface area contributed by atoms with E-state index in [-0.39, 0.29) is 18.1 Å². The van der Waals surface area contributed by atoms with Crippen LogP contribution in [-0.4, -0.2) is 47.6 Å². The number of ether oxygens (including phenoxy) is 1. The summed E-state index contributed by atoms with van der Waals surface area (Å²) in [4.78, 5) is 21.4. The summed E-state index contributed by atoms with van der Waals surface area (Å²) in [6.45, 7) is 6.05. The molecule has 1 saturated heterocycles. The average Bonchev–Trinajstić information content (AvgIpc) is 3.20. The molecule has 0 saturated carbocycles. The van der Waals surface area contributed by atoms with E-state index in [1.54, 1.807) is 0 Å². The highest BCUT2D eigenvalue weighted by Crippen LogP contribution is 2.38. The summed E-state index contributed by atoms with van der Waals surface area (Å²) in [5.41, 5.74) is 2.24. The van der Waals surface area contributed by atoms with Crippen molar-refractivity contribution in [3.05, 3.63) is 39.2 Å². The number of thiazole rings is 1. The number of carbonyl (C=O) groups is 1. The van der Waals surface area contributed by atoms with Gasteiger partial charge in [0.25, 0.3) is 5.91 Å². The number of fused-ring (bicyclic) bond motifs is 1. The molecule has 132 valence electrons. The van der Waals surface area contributed by atoms with Gasteiger partial charge < -0.3 is 14.5 Å². The quantitative estimate of drug-likeness (QED) is 0.799. The Hall–Kier alpha value is -1.63. The summed E-state index contributed by atoms with van der Waals surface area (Å²) in [7, 11) is 0. The lowest BCUT2D eigenvalue weighted by Crippen LogP contribution is -2.48. The first-order chi connectivity index (χ1) is 12.0. The number of halogens is 1. The maximum Gasteiger partial charge on any atom is 0.283 e. The highest BCUT2D eigenvalue weighted by molar-refractivity contribution is 7.12. The number of aromatic nitrogens is 1. The highest BCUT2D eigenvalue weighted by atomic mass is 35.5. The molecule has 0 bridgehead atoms. The molecule has 2 aliphatic heterocycles. The van der Waals surface area contributed by atoms with Crippen LogP contribution in [0.2, 0.25) is 5.02 Å². The van der Waals surface area contributed by atoms with Crippen molar-refractivity contribution in [2.75, 3.05) is 24.5 Å². The molecular weight excluding hydrogens is 358 g/mol. The third-order valence-electron chi connectivity index (χ3n) is 4.63. The van der Waals surface area contributed by atoms with Crippen molar-refractivity contribution < 1.29 is 9.53 Å². The first-order valence-corrected chi connectivity index (χ1v) is 9.74. The SMILES string of the molecule is C[C@@H]1CN(C(=O)c2nc(N3CCc4c(Cl)cccc43)cs2)C[C@H](C)O1. The predicted octanol–water partition coefficient (Wildman–Crippen LogP) is 3.74. The molecule has 7 heteroatoms. The van der Waals surface area contributed by atoms with Crippen molar-refractivity contribution in [1.82, 2.24) is 9.88 Å². The van der Waals surface area contributed by atoms with Crippen molar-refractivity contribution >= 4 is 40.4 Å². The van der Waals surface area contributed by atoms with Gasteiger partial charge in [0, 0.05) is 35.7 Å². The molecule has 0 spiro atoms. The molecule has 4 rings (SSSR count). The third-order valence-corrected chi connectivity index (χ3v) is 5.80. The van der Waals surface area contributed by atoms with E-state index in [1.807, 2.05) is 36.3 Å². The van der Waals surface area contributed by atoms with E-state index < -0.39 is 0 Å². The zero-order chi connectivity index (χ0) is 17.6. The Morgan fingerprint density at radius 1 is 1.32 bits per heavy atom. The van der Waals surface area contributed by atoms with E-state index in [2.05, 4.69) is 16.0 Å². The van der Waals surface area contributed by atoms with Gasteiger partial charge in [-0.05, 0) is 38.0 Å². The molecule has 1 amide bonds. The summed E-state index contributed by atoms with van der Waals surface area (Å²) in [6.07, 6.45) is 1.01. The van der Waals surface area contributed by atoms with Gasteiger partial charge in [0.1, 0.15) is 5.82 Å². The fourth-order valence-corrected chi connectivity index (χ4v) is 4.63. The molecule has 25 heavy (non-hydrogen) atoms. The van der Waals surface area contributed by atoms with E-state index >= 15 is 0 Å². The Bertz CT molecular complexity index is 799. The zero-order valence-corrected chi connectivity index (χ0v) is 15.8. The van der Waals surface area contributed by atoms with Crippen LogP contribution in [0, 0.1) is 0 Å². The Morgan fingerprint density at radius 2 is 2.08 bits per heavy atom. The maximum atomic E-state index is 12.8. The van der Waals surface area contributed by atoms with E-state index in [4.69, 9.17) is 16.3 Å². The van der Waals surface area contributed by atoms with Gasteiger partial charge in [-0.3, -0.25) is 4.79 Å². The normalized spacial score (nSPS) is 23.0. The number of carbonyl (C=O) groups excluding carboxylic acids is 1. The van der Waals surface area contributed by atoms with Gasteiger partial charge in [0.05, 0.1) is 12.2 Å². The summed E-state index contributed by atoms with van der Waals surface area (Å²) in [5.74, 6) is 0.812. The maximum absolute atomic E-state index is 12.8. The molecule has 1 fully saturated rings. The first kappa shape index (κ1) is 16.8. The summed E-state index contributed by atoms with van der Waals surface area (Å²) in [6, 6.07) is 5.93. The largest absolute Gasteiger partial charge is 0.372 e.